The molecule has 0 radical (unpaired) electrons. The van der Waals surface area contributed by atoms with Gasteiger partial charge in [-0.25, -0.2) is 4.98 Å². The van der Waals surface area contributed by atoms with Gasteiger partial charge in [-0.05, 0) is 43.3 Å². The number of hydrogen-bond donors (Lipinski definition) is 1. The highest BCUT2D eigenvalue weighted by molar-refractivity contribution is 7.13. The van der Waals surface area contributed by atoms with Crippen molar-refractivity contribution in [2.24, 2.45) is 5.92 Å². The number of aromatic nitrogens is 1. The molecule has 1 heterocycles. The number of carbonyl (C=O) groups excluding carboxylic acids is 1. The molecule has 29 heavy (non-hydrogen) atoms. The molecule has 5 nitrogen and oxygen atoms in total. The van der Waals surface area contributed by atoms with Gasteiger partial charge in [0.1, 0.15) is 22.1 Å². The van der Waals surface area contributed by atoms with E-state index in [0.717, 1.165) is 16.4 Å². The van der Waals surface area contributed by atoms with Crippen LogP contribution in [0.3, 0.4) is 0 Å². The van der Waals surface area contributed by atoms with Gasteiger partial charge in [-0.3, -0.25) is 4.79 Å². The summed E-state index contributed by atoms with van der Waals surface area (Å²) in [6.45, 7) is 5.55. The van der Waals surface area contributed by atoms with E-state index >= 15 is 0 Å². The molecule has 0 spiro atoms. The minimum absolute atomic E-state index is 0.0141. The summed E-state index contributed by atoms with van der Waals surface area (Å²) in [4.78, 5) is 16.7. The predicted octanol–water partition coefficient (Wildman–Crippen LogP) is 5.24. The van der Waals surface area contributed by atoms with Crippen LogP contribution in [-0.2, 0) is 4.79 Å². The fraction of sp³-hybridized carbons (Fsp3) is 0.217. The molecule has 0 bridgehead atoms. The van der Waals surface area contributed by atoms with E-state index in [0.29, 0.717) is 10.9 Å². The summed E-state index contributed by atoms with van der Waals surface area (Å²) < 4.78 is 11.5. The van der Waals surface area contributed by atoms with E-state index in [9.17, 15) is 4.79 Å². The smallest absolute Gasteiger partial charge is 0.279 e. The average molecular weight is 407 g/mol. The number of rotatable bonds is 6. The Labute approximate surface area is 174 Å². The predicted molar refractivity (Wildman–Crippen MR) is 114 cm³/mol. The third-order valence-electron chi connectivity index (χ3n) is 3.79. The van der Waals surface area contributed by atoms with Gasteiger partial charge in [-0.1, -0.05) is 55.2 Å². The summed E-state index contributed by atoms with van der Waals surface area (Å²) in [6.07, 6.45) is 1.66. The van der Waals surface area contributed by atoms with Gasteiger partial charge in [0.15, 0.2) is 0 Å². The lowest BCUT2D eigenvalue weighted by Gasteiger charge is -2.09. The highest BCUT2D eigenvalue weighted by atomic mass is 32.1. The van der Waals surface area contributed by atoms with Crippen LogP contribution in [0.1, 0.15) is 25.6 Å². The van der Waals surface area contributed by atoms with Crippen LogP contribution >= 0.6 is 11.3 Å². The maximum Gasteiger partial charge on any atom is 0.279 e. The second-order valence-electron chi connectivity index (χ2n) is 6.63. The summed E-state index contributed by atoms with van der Waals surface area (Å²) in [5.74, 6) is 8.13. The Morgan fingerprint density at radius 3 is 2.24 bits per heavy atom. The van der Waals surface area contributed by atoms with Crippen molar-refractivity contribution in [2.75, 3.05) is 0 Å². The molecule has 0 saturated carbocycles. The van der Waals surface area contributed by atoms with Crippen molar-refractivity contribution in [1.82, 2.24) is 10.3 Å². The Morgan fingerprint density at radius 1 is 0.966 bits per heavy atom. The Bertz CT molecular complexity index is 1000. The first-order valence-electron chi connectivity index (χ1n) is 9.28. The van der Waals surface area contributed by atoms with Crippen LogP contribution in [0.4, 0.5) is 0 Å². The number of para-hydroxylation sites is 1. The Balaban J connectivity index is 1.56. The van der Waals surface area contributed by atoms with Crippen LogP contribution in [-0.4, -0.2) is 16.9 Å². The molecule has 148 valence electrons. The molecule has 1 aromatic heterocycles. The van der Waals surface area contributed by atoms with Crippen molar-refractivity contribution in [3.8, 4) is 34.3 Å². The lowest BCUT2D eigenvalue weighted by atomic mass is 10.2. The number of nitrogens with zero attached hydrogens (tertiary/aromatic N) is 1. The minimum Gasteiger partial charge on any atom is -0.457 e. The average Bonchev–Trinajstić information content (AvgIpc) is 3.16. The van der Waals surface area contributed by atoms with Gasteiger partial charge < -0.3 is 14.8 Å². The van der Waals surface area contributed by atoms with Crippen molar-refractivity contribution >= 4 is 17.2 Å². The first kappa shape index (κ1) is 20.4. The molecule has 1 atom stereocenters. The molecule has 0 aliphatic heterocycles. The van der Waals surface area contributed by atoms with Crippen LogP contribution in [0.25, 0.3) is 0 Å². The standard InChI is InChI=1S/C23H22N2O3S/c1-16(2)22(26)25-17(3)9-14-21-15-24-23(29-21)28-20-12-10-19(11-13-20)27-18-7-5-4-6-8-18/h4-8,10-13,15-17H,1-3H3,(H,25,26). The third kappa shape index (κ3) is 6.37. The monoisotopic (exact) mass is 406 g/mol. The normalized spacial score (nSPS) is 11.3. The topological polar surface area (TPSA) is 60.5 Å². The van der Waals surface area contributed by atoms with Crippen LogP contribution in [0, 0.1) is 17.8 Å². The molecule has 0 fully saturated rings. The zero-order chi connectivity index (χ0) is 20.6. The molecule has 1 N–H and O–H groups in total. The van der Waals surface area contributed by atoms with Crippen LogP contribution < -0.4 is 14.8 Å². The van der Waals surface area contributed by atoms with E-state index in [1.807, 2.05) is 75.4 Å². The number of amides is 1. The van der Waals surface area contributed by atoms with Crippen molar-refractivity contribution in [3.05, 3.63) is 65.7 Å². The van der Waals surface area contributed by atoms with Gasteiger partial charge in [0.25, 0.3) is 5.19 Å². The van der Waals surface area contributed by atoms with Crippen molar-refractivity contribution in [1.29, 1.82) is 0 Å². The highest BCUT2D eigenvalue weighted by Gasteiger charge is 2.09. The van der Waals surface area contributed by atoms with Gasteiger partial charge in [0.05, 0.1) is 12.2 Å². The summed E-state index contributed by atoms with van der Waals surface area (Å²) in [5, 5.41) is 3.35. The second kappa shape index (κ2) is 9.76. The fourth-order valence-corrected chi connectivity index (χ4v) is 2.91. The number of ether oxygens (including phenoxy) is 2. The summed E-state index contributed by atoms with van der Waals surface area (Å²) in [6, 6.07) is 16.7. The Hall–Kier alpha value is -3.30. The maximum atomic E-state index is 11.7. The summed E-state index contributed by atoms with van der Waals surface area (Å²) in [7, 11) is 0. The van der Waals surface area contributed by atoms with Gasteiger partial charge >= 0.3 is 0 Å². The van der Waals surface area contributed by atoms with E-state index in [2.05, 4.69) is 22.1 Å². The molecular weight excluding hydrogens is 384 g/mol. The maximum absolute atomic E-state index is 11.7. The largest absolute Gasteiger partial charge is 0.457 e. The van der Waals surface area contributed by atoms with Crippen molar-refractivity contribution in [3.63, 3.8) is 0 Å². The van der Waals surface area contributed by atoms with E-state index < -0.39 is 0 Å². The van der Waals surface area contributed by atoms with Gasteiger partial charge in [0.2, 0.25) is 5.91 Å². The second-order valence-corrected chi connectivity index (χ2v) is 7.63. The summed E-state index contributed by atoms with van der Waals surface area (Å²) >= 11 is 1.35. The molecule has 3 rings (SSSR count). The van der Waals surface area contributed by atoms with Gasteiger partial charge in [-0.15, -0.1) is 0 Å². The molecule has 6 heteroatoms. The van der Waals surface area contributed by atoms with Crippen molar-refractivity contribution < 1.29 is 14.3 Å². The van der Waals surface area contributed by atoms with Gasteiger partial charge in [-0.2, -0.15) is 0 Å². The van der Waals surface area contributed by atoms with E-state index in [4.69, 9.17) is 9.47 Å². The molecular formula is C23H22N2O3S. The lowest BCUT2D eigenvalue weighted by molar-refractivity contribution is -0.124. The number of nitrogens with one attached hydrogen (secondary N) is 1. The quantitative estimate of drug-likeness (QED) is 0.569. The Kier molecular flexibility index (Phi) is 6.88. The van der Waals surface area contributed by atoms with E-state index in [1.54, 1.807) is 6.20 Å². The molecule has 0 aliphatic rings. The number of hydrogen-bond acceptors (Lipinski definition) is 5. The summed E-state index contributed by atoms with van der Waals surface area (Å²) in [5.41, 5.74) is 0. The SMILES string of the molecule is CC(C#Cc1cnc(Oc2ccc(Oc3ccccc3)cc2)s1)NC(=O)C(C)C. The molecule has 3 aromatic rings. The minimum atomic E-state index is -0.228. The molecule has 0 saturated heterocycles. The third-order valence-corrected chi connectivity index (χ3v) is 4.58. The number of benzene rings is 2. The molecule has 2 aromatic carbocycles. The van der Waals surface area contributed by atoms with E-state index in [-0.39, 0.29) is 17.9 Å². The first-order valence-corrected chi connectivity index (χ1v) is 10.1. The zero-order valence-electron chi connectivity index (χ0n) is 16.5. The molecule has 1 amide bonds. The lowest BCUT2D eigenvalue weighted by Crippen LogP contribution is -2.34. The molecule has 0 aliphatic carbocycles. The fourth-order valence-electron chi connectivity index (χ4n) is 2.26. The van der Waals surface area contributed by atoms with Crippen LogP contribution in [0.5, 0.6) is 22.4 Å². The van der Waals surface area contributed by atoms with Crippen molar-refractivity contribution in [2.45, 2.75) is 26.8 Å². The Morgan fingerprint density at radius 2 is 1.59 bits per heavy atom. The zero-order valence-corrected chi connectivity index (χ0v) is 17.3. The van der Waals surface area contributed by atoms with Gasteiger partial charge in [0, 0.05) is 5.92 Å². The molecule has 1 unspecified atom stereocenters. The number of thiazole rings is 1. The van der Waals surface area contributed by atoms with E-state index in [1.165, 1.54) is 11.3 Å². The first-order chi connectivity index (χ1) is 14.0. The van der Waals surface area contributed by atoms with Crippen LogP contribution in [0.2, 0.25) is 0 Å². The van der Waals surface area contributed by atoms with Crippen LogP contribution in [0.15, 0.2) is 60.8 Å². The number of carbonyl (C=O) groups is 1. The highest BCUT2D eigenvalue weighted by Crippen LogP contribution is 2.28.